The molecule has 0 unspecified atom stereocenters. The maximum absolute atomic E-state index is 11.9. The Bertz CT molecular complexity index is 772. The quantitative estimate of drug-likeness (QED) is 0.322. The summed E-state index contributed by atoms with van der Waals surface area (Å²) < 4.78 is 0. The molecule has 8 nitrogen and oxygen atoms in total. The molecule has 0 saturated heterocycles. The molecule has 0 aliphatic carbocycles. The monoisotopic (exact) mass is 524 g/mol. The van der Waals surface area contributed by atoms with E-state index in [0.29, 0.717) is 30.8 Å². The molecule has 33 heavy (non-hydrogen) atoms. The Morgan fingerprint density at radius 3 is 1.52 bits per heavy atom. The molecule has 0 aliphatic heterocycles. The first-order valence-corrected chi connectivity index (χ1v) is 9.95. The Hall–Kier alpha value is -1.98. The van der Waals surface area contributed by atoms with Gasteiger partial charge in [-0.15, -0.1) is 0 Å². The Morgan fingerprint density at radius 1 is 0.818 bits per heavy atom. The van der Waals surface area contributed by atoms with Crippen LogP contribution in [-0.4, -0.2) is 73.3 Å². The van der Waals surface area contributed by atoms with Crippen molar-refractivity contribution in [1.82, 2.24) is 4.90 Å². The predicted molar refractivity (Wildman–Crippen MR) is 123 cm³/mol. The van der Waals surface area contributed by atoms with Crippen LogP contribution in [0.1, 0.15) is 25.0 Å². The van der Waals surface area contributed by atoms with Crippen LogP contribution in [0, 0.1) is 0 Å². The second-order valence-corrected chi connectivity index (χ2v) is 6.56. The number of hydrogen-bond acceptors (Lipinski definition) is 7. The molecule has 2 aromatic carbocycles. The van der Waals surface area contributed by atoms with Crippen molar-refractivity contribution < 1.29 is 50.0 Å². The standard InChI is InChI=1S/C22H30N4O2.CH4O.ClH.Co.H2O/c1-17(19-7-3-5-9-21(19)27)24-12-15-26(14-11-23)16-13-25-18(2)20-8-4-6-10-22(20)28;1-2;;;/h3-10,27-28H,11-16,23H2,1-2H3;2H,1H3;1H;;1H2/q;;;+3;/p-3. The van der Waals surface area contributed by atoms with Gasteiger partial charge in [-0.2, -0.15) is 0 Å². The third-order valence-electron chi connectivity index (χ3n) is 4.53. The molecule has 0 radical (unpaired) electrons. The minimum Gasteiger partial charge on any atom is -1.00 e. The van der Waals surface area contributed by atoms with Crippen LogP contribution >= 0.6 is 0 Å². The van der Waals surface area contributed by atoms with Gasteiger partial charge in [0.2, 0.25) is 0 Å². The van der Waals surface area contributed by atoms with Gasteiger partial charge in [0.15, 0.2) is 0 Å². The third kappa shape index (κ3) is 12.7. The normalized spacial score (nSPS) is 10.8. The van der Waals surface area contributed by atoms with Crippen molar-refractivity contribution in [3.63, 3.8) is 0 Å². The zero-order valence-electron chi connectivity index (χ0n) is 19.3. The molecule has 2 aromatic rings. The van der Waals surface area contributed by atoms with Crippen LogP contribution in [-0.2, 0) is 16.8 Å². The second kappa shape index (κ2) is 20.6. The van der Waals surface area contributed by atoms with E-state index in [1.54, 1.807) is 36.4 Å². The summed E-state index contributed by atoms with van der Waals surface area (Å²) in [5, 5.41) is 30.7. The summed E-state index contributed by atoms with van der Waals surface area (Å²) in [5.74, 6) is -0.0166. The zero-order chi connectivity index (χ0) is 22.4. The van der Waals surface area contributed by atoms with Gasteiger partial charge < -0.3 is 38.9 Å². The van der Waals surface area contributed by atoms with Crippen molar-refractivity contribution in [3.8, 4) is 11.5 Å². The SMILES string of the molecule is CC(=NCCN(CCN)CCN=C(C)c1ccccc1[O-])c1ccccc1[O-].CO.O.[Cl-].[Co+3]. The summed E-state index contributed by atoms with van der Waals surface area (Å²) in [7, 11) is 1.00. The molecule has 0 atom stereocenters. The summed E-state index contributed by atoms with van der Waals surface area (Å²) >= 11 is 0. The molecule has 0 saturated carbocycles. The first-order chi connectivity index (χ1) is 14.5. The summed E-state index contributed by atoms with van der Waals surface area (Å²) in [6, 6.07) is 13.8. The topological polar surface area (TPSA) is 152 Å². The van der Waals surface area contributed by atoms with Crippen LogP contribution in [0.15, 0.2) is 58.5 Å². The van der Waals surface area contributed by atoms with Crippen LogP contribution in [0.3, 0.4) is 0 Å². The smallest absolute Gasteiger partial charge is 1.00 e. The number of rotatable bonds is 10. The number of para-hydroxylation sites is 2. The fourth-order valence-electron chi connectivity index (χ4n) is 2.94. The van der Waals surface area contributed by atoms with E-state index >= 15 is 0 Å². The zero-order valence-corrected chi connectivity index (χ0v) is 21.1. The number of halogens is 1. The molecule has 0 bridgehead atoms. The maximum Gasteiger partial charge on any atom is 3.00 e. The van der Waals surface area contributed by atoms with E-state index in [0.717, 1.165) is 38.2 Å². The first kappa shape index (κ1) is 35.6. The maximum atomic E-state index is 11.9. The van der Waals surface area contributed by atoms with Crippen molar-refractivity contribution in [3.05, 3.63) is 59.7 Å². The van der Waals surface area contributed by atoms with Crippen LogP contribution in [0.5, 0.6) is 11.5 Å². The molecule has 0 aliphatic rings. The van der Waals surface area contributed by atoms with E-state index in [9.17, 15) is 10.2 Å². The summed E-state index contributed by atoms with van der Waals surface area (Å²) in [5.41, 5.74) is 8.50. The number of aliphatic hydroxyl groups excluding tert-OH is 1. The number of nitrogens with zero attached hydrogens (tertiary/aromatic N) is 3. The number of aliphatic imine (C=N–C) groups is 2. The fourth-order valence-corrected chi connectivity index (χ4v) is 2.94. The van der Waals surface area contributed by atoms with Crippen molar-refractivity contribution in [2.24, 2.45) is 15.7 Å². The van der Waals surface area contributed by atoms with Gasteiger partial charge in [0.05, 0.1) is 13.1 Å². The molecule has 10 heteroatoms. The van der Waals surface area contributed by atoms with Gasteiger partial charge in [-0.1, -0.05) is 60.0 Å². The predicted octanol–water partition coefficient (Wildman–Crippen LogP) is -2.80. The summed E-state index contributed by atoms with van der Waals surface area (Å²) in [4.78, 5) is 11.3. The molecular formula is C23H34ClCoN4O4. The molecule has 0 spiro atoms. The van der Waals surface area contributed by atoms with Crippen LogP contribution < -0.4 is 28.4 Å². The molecule has 0 heterocycles. The van der Waals surface area contributed by atoms with Crippen molar-refractivity contribution in [1.29, 1.82) is 0 Å². The minimum atomic E-state index is -0.00830. The van der Waals surface area contributed by atoms with E-state index in [1.807, 2.05) is 26.0 Å². The van der Waals surface area contributed by atoms with Crippen molar-refractivity contribution >= 4 is 11.4 Å². The summed E-state index contributed by atoms with van der Waals surface area (Å²) in [6.45, 7) is 7.68. The van der Waals surface area contributed by atoms with Crippen LogP contribution in [0.2, 0.25) is 0 Å². The molecule has 5 N–H and O–H groups in total. The first-order valence-electron chi connectivity index (χ1n) is 9.95. The van der Waals surface area contributed by atoms with Gasteiger partial charge in [-0.3, -0.25) is 14.9 Å². The number of benzene rings is 2. The van der Waals surface area contributed by atoms with Crippen LogP contribution in [0.25, 0.3) is 0 Å². The molecular weight excluding hydrogens is 491 g/mol. The van der Waals surface area contributed by atoms with Gasteiger partial charge in [0.1, 0.15) is 0 Å². The average molecular weight is 525 g/mol. The van der Waals surface area contributed by atoms with Crippen LogP contribution in [0.4, 0.5) is 0 Å². The van der Waals surface area contributed by atoms with Gasteiger partial charge in [0, 0.05) is 44.7 Å². The summed E-state index contributed by atoms with van der Waals surface area (Å²) in [6.07, 6.45) is 0. The fraction of sp³-hybridized carbons (Fsp3) is 0.391. The average Bonchev–Trinajstić information content (AvgIpc) is 2.75. The van der Waals surface area contributed by atoms with E-state index in [2.05, 4.69) is 14.9 Å². The Morgan fingerprint density at radius 2 is 1.18 bits per heavy atom. The minimum absolute atomic E-state index is 0. The third-order valence-corrected chi connectivity index (χ3v) is 4.53. The Kier molecular flexibility index (Phi) is 22.2. The van der Waals surface area contributed by atoms with Crippen molar-refractivity contribution in [2.45, 2.75) is 13.8 Å². The van der Waals surface area contributed by atoms with Crippen molar-refractivity contribution in [2.75, 3.05) is 46.4 Å². The molecule has 0 fully saturated rings. The number of aliphatic hydroxyl groups is 1. The van der Waals surface area contributed by atoms with E-state index in [1.165, 1.54) is 0 Å². The number of hydrogen-bond donors (Lipinski definition) is 2. The van der Waals surface area contributed by atoms with E-state index in [4.69, 9.17) is 10.8 Å². The van der Waals surface area contributed by atoms with Gasteiger partial charge >= 0.3 is 16.8 Å². The second-order valence-electron chi connectivity index (χ2n) is 6.56. The van der Waals surface area contributed by atoms with Gasteiger partial charge in [-0.05, 0) is 25.0 Å². The molecule has 2 rings (SSSR count). The van der Waals surface area contributed by atoms with E-state index in [-0.39, 0.29) is 46.2 Å². The van der Waals surface area contributed by atoms with Gasteiger partial charge in [-0.25, -0.2) is 0 Å². The molecule has 0 amide bonds. The molecule has 0 aromatic heterocycles. The molecule has 186 valence electrons. The largest absolute Gasteiger partial charge is 3.00 e. The van der Waals surface area contributed by atoms with Gasteiger partial charge in [0.25, 0.3) is 0 Å². The van der Waals surface area contributed by atoms with E-state index < -0.39 is 0 Å². The number of nitrogens with two attached hydrogens (primary N) is 1. The Labute approximate surface area is 213 Å². The Balaban J connectivity index is -0.00000175.